The molecule has 1 aliphatic rings. The van der Waals surface area contributed by atoms with Gasteiger partial charge in [0.1, 0.15) is 0 Å². The van der Waals surface area contributed by atoms with Crippen LogP contribution in [0, 0.1) is 17.2 Å². The van der Waals surface area contributed by atoms with Gasteiger partial charge in [0.05, 0.1) is 18.1 Å². The SMILES string of the molecule is COC(C)CNC1CCCCCC1C#N. The van der Waals surface area contributed by atoms with E-state index in [1.807, 2.05) is 6.92 Å². The van der Waals surface area contributed by atoms with E-state index >= 15 is 0 Å². The molecule has 3 nitrogen and oxygen atoms in total. The summed E-state index contributed by atoms with van der Waals surface area (Å²) in [7, 11) is 1.72. The molecule has 1 N–H and O–H groups in total. The van der Waals surface area contributed by atoms with Crippen LogP contribution in [0.2, 0.25) is 0 Å². The Kier molecular flexibility index (Phi) is 5.67. The minimum absolute atomic E-state index is 0.191. The monoisotopic (exact) mass is 210 g/mol. The van der Waals surface area contributed by atoms with E-state index < -0.39 is 0 Å². The lowest BCUT2D eigenvalue weighted by atomic mass is 9.96. The van der Waals surface area contributed by atoms with E-state index in [9.17, 15) is 0 Å². The standard InChI is InChI=1S/C12H22N2O/c1-10(15-2)9-14-12-7-5-3-4-6-11(12)8-13/h10-12,14H,3-7,9H2,1-2H3. The summed E-state index contributed by atoms with van der Waals surface area (Å²) in [6.45, 7) is 2.89. The number of nitrogens with zero attached hydrogens (tertiary/aromatic N) is 1. The van der Waals surface area contributed by atoms with Crippen molar-refractivity contribution in [2.45, 2.75) is 51.2 Å². The van der Waals surface area contributed by atoms with Gasteiger partial charge in [-0.3, -0.25) is 0 Å². The zero-order valence-electron chi connectivity index (χ0n) is 9.83. The van der Waals surface area contributed by atoms with Crippen molar-refractivity contribution >= 4 is 0 Å². The molecule has 1 saturated carbocycles. The number of ether oxygens (including phenoxy) is 1. The molecule has 0 amide bonds. The topological polar surface area (TPSA) is 45.0 Å². The second-order valence-corrected chi connectivity index (χ2v) is 4.43. The molecule has 1 fully saturated rings. The van der Waals surface area contributed by atoms with Gasteiger partial charge in [-0.1, -0.05) is 19.3 Å². The quantitative estimate of drug-likeness (QED) is 0.723. The first-order chi connectivity index (χ1) is 7.27. The van der Waals surface area contributed by atoms with Gasteiger partial charge in [-0.25, -0.2) is 0 Å². The molecule has 15 heavy (non-hydrogen) atoms. The third kappa shape index (κ3) is 4.19. The summed E-state index contributed by atoms with van der Waals surface area (Å²) in [6.07, 6.45) is 6.14. The van der Waals surface area contributed by atoms with Crippen molar-refractivity contribution in [2.24, 2.45) is 5.92 Å². The first-order valence-corrected chi connectivity index (χ1v) is 5.93. The Morgan fingerprint density at radius 2 is 2.13 bits per heavy atom. The number of nitriles is 1. The summed E-state index contributed by atoms with van der Waals surface area (Å²) in [6, 6.07) is 2.80. The molecule has 3 heteroatoms. The van der Waals surface area contributed by atoms with E-state index in [1.165, 1.54) is 19.3 Å². The van der Waals surface area contributed by atoms with Crippen LogP contribution in [0.4, 0.5) is 0 Å². The summed E-state index contributed by atoms with van der Waals surface area (Å²) in [5.41, 5.74) is 0. The Labute approximate surface area is 92.8 Å². The number of rotatable bonds is 4. The van der Waals surface area contributed by atoms with E-state index in [0.717, 1.165) is 19.4 Å². The van der Waals surface area contributed by atoms with Gasteiger partial charge in [-0.2, -0.15) is 5.26 Å². The van der Waals surface area contributed by atoms with Crippen molar-refractivity contribution in [1.29, 1.82) is 5.26 Å². The maximum Gasteiger partial charge on any atom is 0.0672 e. The summed E-state index contributed by atoms with van der Waals surface area (Å²) >= 11 is 0. The second kappa shape index (κ2) is 6.81. The largest absolute Gasteiger partial charge is 0.380 e. The average molecular weight is 210 g/mol. The Balaban J connectivity index is 2.38. The van der Waals surface area contributed by atoms with Crippen LogP contribution >= 0.6 is 0 Å². The number of hydrogen-bond acceptors (Lipinski definition) is 3. The second-order valence-electron chi connectivity index (χ2n) is 4.43. The fourth-order valence-electron chi connectivity index (χ4n) is 2.11. The number of hydrogen-bond donors (Lipinski definition) is 1. The highest BCUT2D eigenvalue weighted by Gasteiger charge is 2.23. The Morgan fingerprint density at radius 1 is 1.40 bits per heavy atom. The first kappa shape index (κ1) is 12.5. The minimum atomic E-state index is 0.191. The van der Waals surface area contributed by atoms with Crippen molar-refractivity contribution in [3.05, 3.63) is 0 Å². The van der Waals surface area contributed by atoms with Gasteiger partial charge < -0.3 is 10.1 Å². The van der Waals surface area contributed by atoms with Gasteiger partial charge in [-0.05, 0) is 19.8 Å². The lowest BCUT2D eigenvalue weighted by Crippen LogP contribution is -2.39. The lowest BCUT2D eigenvalue weighted by Gasteiger charge is -2.22. The zero-order valence-corrected chi connectivity index (χ0v) is 9.83. The third-order valence-corrected chi connectivity index (χ3v) is 3.25. The molecule has 0 bridgehead atoms. The molecule has 1 rings (SSSR count). The Hall–Kier alpha value is -0.590. The maximum atomic E-state index is 9.09. The molecule has 0 aromatic carbocycles. The maximum absolute atomic E-state index is 9.09. The van der Waals surface area contributed by atoms with Gasteiger partial charge in [0.2, 0.25) is 0 Å². The summed E-state index contributed by atoms with van der Waals surface area (Å²) in [5, 5.41) is 12.6. The smallest absolute Gasteiger partial charge is 0.0672 e. The third-order valence-electron chi connectivity index (χ3n) is 3.25. The summed E-state index contributed by atoms with van der Waals surface area (Å²) < 4.78 is 5.20. The van der Waals surface area contributed by atoms with Gasteiger partial charge in [0.15, 0.2) is 0 Å². The molecule has 0 aromatic rings. The molecule has 0 radical (unpaired) electrons. The van der Waals surface area contributed by atoms with Crippen molar-refractivity contribution in [2.75, 3.05) is 13.7 Å². The predicted octanol–water partition coefficient (Wildman–Crippen LogP) is 2.08. The van der Waals surface area contributed by atoms with E-state index in [0.29, 0.717) is 6.04 Å². The highest BCUT2D eigenvalue weighted by molar-refractivity contribution is 4.93. The van der Waals surface area contributed by atoms with Crippen LogP contribution in [0.15, 0.2) is 0 Å². The molecule has 3 unspecified atom stereocenters. The van der Waals surface area contributed by atoms with Crippen LogP contribution in [-0.4, -0.2) is 25.8 Å². The average Bonchev–Trinajstić information content (AvgIpc) is 2.50. The van der Waals surface area contributed by atoms with Crippen molar-refractivity contribution in [1.82, 2.24) is 5.32 Å². The van der Waals surface area contributed by atoms with Crippen molar-refractivity contribution in [3.8, 4) is 6.07 Å². The fraction of sp³-hybridized carbons (Fsp3) is 0.917. The molecule has 0 spiro atoms. The highest BCUT2D eigenvalue weighted by Crippen LogP contribution is 2.22. The lowest BCUT2D eigenvalue weighted by molar-refractivity contribution is 0.112. The minimum Gasteiger partial charge on any atom is -0.380 e. The highest BCUT2D eigenvalue weighted by atomic mass is 16.5. The van der Waals surface area contributed by atoms with Crippen molar-refractivity contribution in [3.63, 3.8) is 0 Å². The Bertz CT molecular complexity index is 212. The molecule has 3 atom stereocenters. The zero-order chi connectivity index (χ0) is 11.1. The van der Waals surface area contributed by atoms with E-state index in [2.05, 4.69) is 11.4 Å². The molecule has 0 aliphatic heterocycles. The van der Waals surface area contributed by atoms with Crippen LogP contribution in [0.25, 0.3) is 0 Å². The predicted molar refractivity (Wildman–Crippen MR) is 60.4 cm³/mol. The van der Waals surface area contributed by atoms with E-state index in [1.54, 1.807) is 7.11 Å². The Morgan fingerprint density at radius 3 is 2.80 bits per heavy atom. The van der Waals surface area contributed by atoms with Crippen LogP contribution in [0.3, 0.4) is 0 Å². The molecular formula is C12H22N2O. The molecule has 0 saturated heterocycles. The van der Waals surface area contributed by atoms with Gasteiger partial charge in [-0.15, -0.1) is 0 Å². The van der Waals surface area contributed by atoms with E-state index in [4.69, 9.17) is 10.00 Å². The van der Waals surface area contributed by atoms with Crippen LogP contribution < -0.4 is 5.32 Å². The fourth-order valence-corrected chi connectivity index (χ4v) is 2.11. The van der Waals surface area contributed by atoms with Gasteiger partial charge >= 0.3 is 0 Å². The molecule has 86 valence electrons. The number of methoxy groups -OCH3 is 1. The molecule has 0 aromatic heterocycles. The molecule has 0 heterocycles. The normalized spacial score (nSPS) is 29.1. The van der Waals surface area contributed by atoms with Crippen LogP contribution in [0.5, 0.6) is 0 Å². The van der Waals surface area contributed by atoms with E-state index in [-0.39, 0.29) is 12.0 Å². The van der Waals surface area contributed by atoms with Crippen LogP contribution in [0.1, 0.15) is 39.0 Å². The van der Waals surface area contributed by atoms with Gasteiger partial charge in [0, 0.05) is 19.7 Å². The van der Waals surface area contributed by atoms with Crippen molar-refractivity contribution < 1.29 is 4.74 Å². The molecule has 1 aliphatic carbocycles. The first-order valence-electron chi connectivity index (χ1n) is 5.93. The summed E-state index contributed by atoms with van der Waals surface area (Å²) in [4.78, 5) is 0. The van der Waals surface area contributed by atoms with Crippen LogP contribution in [-0.2, 0) is 4.74 Å². The molecular weight excluding hydrogens is 188 g/mol. The summed E-state index contributed by atoms with van der Waals surface area (Å²) in [5.74, 6) is 0.191. The number of nitrogens with one attached hydrogen (secondary N) is 1. The van der Waals surface area contributed by atoms with Gasteiger partial charge in [0.25, 0.3) is 0 Å².